The van der Waals surface area contributed by atoms with Crippen molar-refractivity contribution >= 4 is 0 Å². The molecule has 0 aliphatic heterocycles. The molecule has 66 valence electrons. The number of aromatic hydroxyl groups is 1. The molecule has 0 saturated heterocycles. The smallest absolute Gasteiger partial charge is 0.387 e. The highest BCUT2D eigenvalue weighted by atomic mass is 19.3. The maximum absolute atomic E-state index is 12.6. The van der Waals surface area contributed by atoms with Gasteiger partial charge in [0, 0.05) is 6.07 Å². The van der Waals surface area contributed by atoms with Crippen molar-refractivity contribution in [3.63, 3.8) is 0 Å². The molecule has 2 nitrogen and oxygen atoms in total. The molecule has 1 aromatic rings. The number of phenolic OH excluding ortho intramolecular Hbond substituents is 1. The van der Waals surface area contributed by atoms with Crippen molar-refractivity contribution in [3.05, 3.63) is 24.0 Å². The Bertz CT molecular complexity index is 275. The van der Waals surface area contributed by atoms with Crippen LogP contribution in [0.15, 0.2) is 18.2 Å². The van der Waals surface area contributed by atoms with Gasteiger partial charge in [0.25, 0.3) is 0 Å². The second-order valence-corrected chi connectivity index (χ2v) is 1.99. The van der Waals surface area contributed by atoms with E-state index >= 15 is 0 Å². The molecule has 0 saturated carbocycles. The maximum Gasteiger partial charge on any atom is 0.387 e. The third-order valence-corrected chi connectivity index (χ3v) is 1.13. The van der Waals surface area contributed by atoms with Crippen LogP contribution in [0, 0.1) is 5.82 Å². The molecule has 1 N–H and O–H groups in total. The second-order valence-electron chi connectivity index (χ2n) is 1.99. The molecule has 12 heavy (non-hydrogen) atoms. The fraction of sp³-hybridized carbons (Fsp3) is 0.143. The largest absolute Gasteiger partial charge is 0.508 e. The first-order valence-electron chi connectivity index (χ1n) is 3.03. The highest BCUT2D eigenvalue weighted by Crippen LogP contribution is 2.23. The van der Waals surface area contributed by atoms with Gasteiger partial charge in [0.05, 0.1) is 0 Å². The van der Waals surface area contributed by atoms with Crippen molar-refractivity contribution in [1.82, 2.24) is 0 Å². The number of benzene rings is 1. The van der Waals surface area contributed by atoms with E-state index in [0.29, 0.717) is 0 Å². The molecule has 0 spiro atoms. The molecule has 5 heteroatoms. The zero-order valence-corrected chi connectivity index (χ0v) is 5.80. The van der Waals surface area contributed by atoms with E-state index in [1.807, 2.05) is 0 Å². The third kappa shape index (κ3) is 2.05. The van der Waals surface area contributed by atoms with E-state index in [4.69, 9.17) is 5.11 Å². The molecule has 0 amide bonds. The van der Waals surface area contributed by atoms with Gasteiger partial charge in [-0.25, -0.2) is 4.39 Å². The quantitative estimate of drug-likeness (QED) is 0.751. The Morgan fingerprint density at radius 3 is 2.58 bits per heavy atom. The molecular formula is C7H5F3O2. The minimum absolute atomic E-state index is 0.327. The Labute approximate surface area is 66.2 Å². The number of rotatable bonds is 2. The zero-order valence-electron chi connectivity index (χ0n) is 5.80. The number of alkyl halides is 2. The van der Waals surface area contributed by atoms with E-state index in [1.54, 1.807) is 0 Å². The van der Waals surface area contributed by atoms with Crippen LogP contribution < -0.4 is 4.74 Å². The van der Waals surface area contributed by atoms with Gasteiger partial charge in [-0.15, -0.1) is 0 Å². The number of hydrogen-bond donors (Lipinski definition) is 1. The van der Waals surface area contributed by atoms with E-state index in [9.17, 15) is 13.2 Å². The predicted molar refractivity (Wildman–Crippen MR) is 34.7 cm³/mol. The molecule has 0 bridgehead atoms. The summed E-state index contributed by atoms with van der Waals surface area (Å²) in [6.07, 6.45) is 0. The van der Waals surface area contributed by atoms with Crippen LogP contribution in [0.2, 0.25) is 0 Å². The number of ether oxygens (including phenoxy) is 1. The molecule has 1 aromatic carbocycles. The van der Waals surface area contributed by atoms with Crippen LogP contribution >= 0.6 is 0 Å². The molecule has 0 fully saturated rings. The highest BCUT2D eigenvalue weighted by Gasteiger charge is 2.09. The van der Waals surface area contributed by atoms with E-state index in [1.165, 1.54) is 0 Å². The zero-order chi connectivity index (χ0) is 9.14. The van der Waals surface area contributed by atoms with Gasteiger partial charge < -0.3 is 9.84 Å². The van der Waals surface area contributed by atoms with E-state index in [2.05, 4.69) is 4.74 Å². The van der Waals surface area contributed by atoms with Crippen LogP contribution in [0.3, 0.4) is 0 Å². The van der Waals surface area contributed by atoms with Gasteiger partial charge in [-0.2, -0.15) is 8.78 Å². The molecule has 0 heterocycles. The standard InChI is InChI=1S/C7H5F3O2/c8-5-2-1-4(11)3-6(5)12-7(9)10/h1-3,7,11H. The summed E-state index contributed by atoms with van der Waals surface area (Å²) in [4.78, 5) is 0. The Morgan fingerprint density at radius 1 is 1.33 bits per heavy atom. The average molecular weight is 178 g/mol. The topological polar surface area (TPSA) is 29.5 Å². The molecule has 0 aliphatic rings. The van der Waals surface area contributed by atoms with E-state index in [-0.39, 0.29) is 5.75 Å². The number of phenols is 1. The van der Waals surface area contributed by atoms with Crippen LogP contribution in [0.1, 0.15) is 0 Å². The maximum atomic E-state index is 12.6. The van der Waals surface area contributed by atoms with Crippen molar-refractivity contribution in [1.29, 1.82) is 0 Å². The lowest BCUT2D eigenvalue weighted by Crippen LogP contribution is -2.03. The molecule has 0 unspecified atom stereocenters. The Morgan fingerprint density at radius 2 is 2.00 bits per heavy atom. The summed E-state index contributed by atoms with van der Waals surface area (Å²) in [5.41, 5.74) is 0. The summed E-state index contributed by atoms with van der Waals surface area (Å²) >= 11 is 0. The summed E-state index contributed by atoms with van der Waals surface area (Å²) in [6.45, 7) is -3.10. The van der Waals surface area contributed by atoms with Crippen molar-refractivity contribution < 1.29 is 23.0 Å². The van der Waals surface area contributed by atoms with Crippen LogP contribution in [-0.4, -0.2) is 11.7 Å². The lowest BCUT2D eigenvalue weighted by atomic mass is 10.3. The molecule has 0 radical (unpaired) electrons. The SMILES string of the molecule is Oc1ccc(F)c(OC(F)F)c1. The van der Waals surface area contributed by atoms with Gasteiger partial charge in [-0.1, -0.05) is 0 Å². The van der Waals surface area contributed by atoms with Gasteiger partial charge in [0.2, 0.25) is 0 Å². The minimum atomic E-state index is -3.10. The van der Waals surface area contributed by atoms with E-state index < -0.39 is 18.2 Å². The normalized spacial score (nSPS) is 10.3. The minimum Gasteiger partial charge on any atom is -0.508 e. The summed E-state index contributed by atoms with van der Waals surface area (Å²) in [7, 11) is 0. The Kier molecular flexibility index (Phi) is 2.42. The molecule has 0 aliphatic carbocycles. The molecule has 0 aromatic heterocycles. The fourth-order valence-corrected chi connectivity index (χ4v) is 0.678. The lowest BCUT2D eigenvalue weighted by molar-refractivity contribution is -0.0522. The van der Waals surface area contributed by atoms with Crippen LogP contribution in [0.25, 0.3) is 0 Å². The summed E-state index contributed by atoms with van der Waals surface area (Å²) < 4.78 is 39.4. The molecule has 1 rings (SSSR count). The van der Waals surface area contributed by atoms with Crippen molar-refractivity contribution in [3.8, 4) is 11.5 Å². The molecule has 0 atom stereocenters. The first-order valence-corrected chi connectivity index (χ1v) is 3.03. The fourth-order valence-electron chi connectivity index (χ4n) is 0.678. The predicted octanol–water partition coefficient (Wildman–Crippen LogP) is 2.13. The van der Waals surface area contributed by atoms with Crippen LogP contribution in [0.5, 0.6) is 11.5 Å². The van der Waals surface area contributed by atoms with Crippen molar-refractivity contribution in [2.24, 2.45) is 0 Å². The number of halogens is 3. The average Bonchev–Trinajstić information content (AvgIpc) is 1.96. The van der Waals surface area contributed by atoms with Crippen molar-refractivity contribution in [2.75, 3.05) is 0 Å². The van der Waals surface area contributed by atoms with Crippen molar-refractivity contribution in [2.45, 2.75) is 6.61 Å². The lowest BCUT2D eigenvalue weighted by Gasteiger charge is -2.04. The Hall–Kier alpha value is -1.39. The first-order chi connectivity index (χ1) is 5.59. The Balaban J connectivity index is 2.90. The molecular weight excluding hydrogens is 173 g/mol. The third-order valence-electron chi connectivity index (χ3n) is 1.13. The van der Waals surface area contributed by atoms with Gasteiger partial charge in [0.15, 0.2) is 11.6 Å². The first kappa shape index (κ1) is 8.70. The van der Waals surface area contributed by atoms with Gasteiger partial charge >= 0.3 is 6.61 Å². The summed E-state index contributed by atoms with van der Waals surface area (Å²) in [6, 6.07) is 2.65. The monoisotopic (exact) mass is 178 g/mol. The van der Waals surface area contributed by atoms with Gasteiger partial charge in [-0.05, 0) is 12.1 Å². The van der Waals surface area contributed by atoms with Crippen LogP contribution in [0.4, 0.5) is 13.2 Å². The second kappa shape index (κ2) is 3.34. The highest BCUT2D eigenvalue weighted by molar-refractivity contribution is 5.33. The van der Waals surface area contributed by atoms with E-state index in [0.717, 1.165) is 18.2 Å². The number of hydrogen-bond acceptors (Lipinski definition) is 2. The summed E-state index contributed by atoms with van der Waals surface area (Å²) in [5.74, 6) is -1.93. The summed E-state index contributed by atoms with van der Waals surface area (Å²) in [5, 5.41) is 8.76. The van der Waals surface area contributed by atoms with Gasteiger partial charge in [0.1, 0.15) is 5.75 Å². The van der Waals surface area contributed by atoms with Crippen LogP contribution in [-0.2, 0) is 0 Å². The van der Waals surface area contributed by atoms with Gasteiger partial charge in [-0.3, -0.25) is 0 Å².